The number of carbonyl (C=O) groups excluding carboxylic acids is 1. The van der Waals surface area contributed by atoms with E-state index in [2.05, 4.69) is 5.32 Å². The van der Waals surface area contributed by atoms with Crippen molar-refractivity contribution in [3.05, 3.63) is 64.2 Å². The predicted octanol–water partition coefficient (Wildman–Crippen LogP) is 3.71. The average Bonchev–Trinajstić information content (AvgIpc) is 2.65. The molecule has 1 aliphatic rings. The lowest BCUT2D eigenvalue weighted by molar-refractivity contribution is -0.142. The van der Waals surface area contributed by atoms with Gasteiger partial charge in [-0.2, -0.15) is 0 Å². The molecule has 0 spiro atoms. The molecule has 0 fully saturated rings. The van der Waals surface area contributed by atoms with Gasteiger partial charge in [0.2, 0.25) is 5.91 Å². The Morgan fingerprint density at radius 2 is 2.04 bits per heavy atom. The molecular formula is C20H20ClNO4. The van der Waals surface area contributed by atoms with Crippen LogP contribution in [0.4, 0.5) is 0 Å². The van der Waals surface area contributed by atoms with Crippen molar-refractivity contribution in [3.8, 4) is 5.75 Å². The van der Waals surface area contributed by atoms with Gasteiger partial charge in [-0.05, 0) is 48.1 Å². The minimum atomic E-state index is -1.17. The molecule has 26 heavy (non-hydrogen) atoms. The van der Waals surface area contributed by atoms with Gasteiger partial charge in [0.1, 0.15) is 5.75 Å². The Balaban J connectivity index is 1.84. The predicted molar refractivity (Wildman–Crippen MR) is 98.6 cm³/mol. The van der Waals surface area contributed by atoms with Crippen LogP contribution in [0.3, 0.4) is 0 Å². The Hall–Kier alpha value is -2.53. The van der Waals surface area contributed by atoms with Crippen molar-refractivity contribution in [2.75, 3.05) is 7.11 Å². The molecule has 5 nitrogen and oxygen atoms in total. The lowest BCUT2D eigenvalue weighted by Gasteiger charge is -2.26. The first-order chi connectivity index (χ1) is 12.5. The van der Waals surface area contributed by atoms with Crippen molar-refractivity contribution in [1.82, 2.24) is 5.32 Å². The molecule has 2 aromatic carbocycles. The highest BCUT2D eigenvalue weighted by atomic mass is 35.5. The quantitative estimate of drug-likeness (QED) is 0.837. The Kier molecular flexibility index (Phi) is 5.47. The van der Waals surface area contributed by atoms with Gasteiger partial charge in [0, 0.05) is 0 Å². The monoisotopic (exact) mass is 373 g/mol. The summed E-state index contributed by atoms with van der Waals surface area (Å²) in [5.41, 5.74) is 2.53. The van der Waals surface area contributed by atoms with Crippen LogP contribution in [-0.4, -0.2) is 24.1 Å². The van der Waals surface area contributed by atoms with E-state index >= 15 is 0 Å². The molecule has 1 amide bonds. The number of rotatable bonds is 5. The number of ether oxygens (including phenoxy) is 1. The van der Waals surface area contributed by atoms with E-state index in [9.17, 15) is 14.7 Å². The van der Waals surface area contributed by atoms with Gasteiger partial charge in [-0.15, -0.1) is 0 Å². The standard InChI is InChI=1S/C20H20ClNO4/c1-26-17-10-9-13(11-16(17)21)18(20(24)25)22-19(23)15-8-4-6-12-5-2-3-7-14(12)15/h2-3,5,7,9-11,15,18H,4,6,8H2,1H3,(H,22,23)(H,24,25). The van der Waals surface area contributed by atoms with Gasteiger partial charge in [-0.3, -0.25) is 4.79 Å². The minimum Gasteiger partial charge on any atom is -0.495 e. The molecule has 0 bridgehead atoms. The van der Waals surface area contributed by atoms with Crippen LogP contribution in [-0.2, 0) is 16.0 Å². The summed E-state index contributed by atoms with van der Waals surface area (Å²) in [6.45, 7) is 0. The third-order valence-corrected chi connectivity index (χ3v) is 5.02. The third-order valence-electron chi connectivity index (χ3n) is 4.73. The molecule has 2 atom stereocenters. The number of fused-ring (bicyclic) bond motifs is 1. The third kappa shape index (κ3) is 3.68. The molecule has 3 rings (SSSR count). The first-order valence-electron chi connectivity index (χ1n) is 8.45. The molecule has 2 unspecified atom stereocenters. The average molecular weight is 374 g/mol. The number of carboxylic acids is 1. The van der Waals surface area contributed by atoms with Crippen LogP contribution in [0.5, 0.6) is 5.75 Å². The second-order valence-electron chi connectivity index (χ2n) is 6.32. The van der Waals surface area contributed by atoms with E-state index in [0.29, 0.717) is 22.8 Å². The van der Waals surface area contributed by atoms with E-state index < -0.39 is 12.0 Å². The molecule has 0 heterocycles. The van der Waals surface area contributed by atoms with Gasteiger partial charge in [-0.1, -0.05) is 41.9 Å². The lowest BCUT2D eigenvalue weighted by Crippen LogP contribution is -2.38. The normalized spacial score (nSPS) is 17.1. The summed E-state index contributed by atoms with van der Waals surface area (Å²) in [4.78, 5) is 24.6. The highest BCUT2D eigenvalue weighted by molar-refractivity contribution is 6.32. The van der Waals surface area contributed by atoms with Crippen LogP contribution < -0.4 is 10.1 Å². The Bertz CT molecular complexity index is 836. The Labute approximate surface area is 156 Å². The van der Waals surface area contributed by atoms with Gasteiger partial charge in [0.05, 0.1) is 18.1 Å². The van der Waals surface area contributed by atoms with Gasteiger partial charge < -0.3 is 15.2 Å². The smallest absolute Gasteiger partial charge is 0.330 e. The number of methoxy groups -OCH3 is 1. The zero-order chi connectivity index (χ0) is 18.7. The summed E-state index contributed by atoms with van der Waals surface area (Å²) >= 11 is 6.10. The number of nitrogens with one attached hydrogen (secondary N) is 1. The fourth-order valence-corrected chi connectivity index (χ4v) is 3.69. The second-order valence-corrected chi connectivity index (χ2v) is 6.72. The van der Waals surface area contributed by atoms with E-state index in [-0.39, 0.29) is 11.8 Å². The second kappa shape index (κ2) is 7.79. The summed E-state index contributed by atoms with van der Waals surface area (Å²) in [5, 5.41) is 12.6. The minimum absolute atomic E-state index is 0.281. The van der Waals surface area contributed by atoms with Crippen molar-refractivity contribution in [3.63, 3.8) is 0 Å². The summed E-state index contributed by atoms with van der Waals surface area (Å²) in [6, 6.07) is 11.4. The summed E-state index contributed by atoms with van der Waals surface area (Å²) in [6.07, 6.45) is 2.55. The molecule has 2 aromatic rings. The molecule has 136 valence electrons. The van der Waals surface area contributed by atoms with E-state index in [1.54, 1.807) is 12.1 Å². The molecule has 1 aliphatic carbocycles. The first kappa shape index (κ1) is 18.3. The maximum absolute atomic E-state index is 12.8. The van der Waals surface area contributed by atoms with Crippen LogP contribution in [0.2, 0.25) is 5.02 Å². The van der Waals surface area contributed by atoms with Crippen molar-refractivity contribution >= 4 is 23.5 Å². The topological polar surface area (TPSA) is 75.6 Å². The van der Waals surface area contributed by atoms with Crippen molar-refractivity contribution in [1.29, 1.82) is 0 Å². The van der Waals surface area contributed by atoms with Gasteiger partial charge in [0.15, 0.2) is 6.04 Å². The zero-order valence-electron chi connectivity index (χ0n) is 14.4. The van der Waals surface area contributed by atoms with Crippen LogP contribution in [0.15, 0.2) is 42.5 Å². The van der Waals surface area contributed by atoms with Crippen LogP contribution in [0, 0.1) is 0 Å². The SMILES string of the molecule is COc1ccc(C(NC(=O)C2CCCc3ccccc32)C(=O)O)cc1Cl. The van der Waals surface area contributed by atoms with Crippen LogP contribution in [0.25, 0.3) is 0 Å². The van der Waals surface area contributed by atoms with Gasteiger partial charge >= 0.3 is 5.97 Å². The number of carboxylic acid groups (broad SMARTS) is 1. The summed E-state index contributed by atoms with van der Waals surface area (Å²) in [5.74, 6) is -1.30. The number of aryl methyl sites for hydroxylation is 1. The largest absolute Gasteiger partial charge is 0.495 e. The van der Waals surface area contributed by atoms with E-state index in [0.717, 1.165) is 24.0 Å². The number of amides is 1. The van der Waals surface area contributed by atoms with Crippen LogP contribution >= 0.6 is 11.6 Å². The molecule has 0 saturated carbocycles. The Morgan fingerprint density at radius 3 is 2.73 bits per heavy atom. The highest BCUT2D eigenvalue weighted by Crippen LogP contribution is 2.33. The van der Waals surface area contributed by atoms with E-state index in [1.807, 2.05) is 24.3 Å². The van der Waals surface area contributed by atoms with Gasteiger partial charge in [0.25, 0.3) is 0 Å². The van der Waals surface area contributed by atoms with Crippen molar-refractivity contribution in [2.24, 2.45) is 0 Å². The number of benzene rings is 2. The fraction of sp³-hybridized carbons (Fsp3) is 0.300. The number of halogens is 1. The lowest BCUT2D eigenvalue weighted by atomic mass is 9.82. The van der Waals surface area contributed by atoms with Gasteiger partial charge in [-0.25, -0.2) is 4.79 Å². The zero-order valence-corrected chi connectivity index (χ0v) is 15.1. The molecule has 0 saturated heterocycles. The van der Waals surface area contributed by atoms with Crippen molar-refractivity contribution < 1.29 is 19.4 Å². The molecule has 0 aromatic heterocycles. The molecular weight excluding hydrogens is 354 g/mol. The number of aliphatic carboxylic acids is 1. The molecule has 0 radical (unpaired) electrons. The van der Waals surface area contributed by atoms with Crippen molar-refractivity contribution in [2.45, 2.75) is 31.2 Å². The maximum atomic E-state index is 12.8. The highest BCUT2D eigenvalue weighted by Gasteiger charge is 2.30. The number of carbonyl (C=O) groups is 2. The Morgan fingerprint density at radius 1 is 1.27 bits per heavy atom. The molecule has 0 aliphatic heterocycles. The number of hydrogen-bond acceptors (Lipinski definition) is 3. The number of hydrogen-bond donors (Lipinski definition) is 2. The fourth-order valence-electron chi connectivity index (χ4n) is 3.42. The molecule has 2 N–H and O–H groups in total. The summed E-state index contributed by atoms with van der Waals surface area (Å²) in [7, 11) is 1.48. The molecule has 6 heteroatoms. The van der Waals surface area contributed by atoms with Crippen LogP contribution in [0.1, 0.15) is 41.5 Å². The van der Waals surface area contributed by atoms with E-state index in [4.69, 9.17) is 16.3 Å². The van der Waals surface area contributed by atoms with E-state index in [1.165, 1.54) is 13.2 Å². The maximum Gasteiger partial charge on any atom is 0.330 e. The summed E-state index contributed by atoms with van der Waals surface area (Å²) < 4.78 is 5.09. The first-order valence-corrected chi connectivity index (χ1v) is 8.83.